The Morgan fingerprint density at radius 1 is 1.47 bits per heavy atom. The molecule has 0 aromatic heterocycles. The van der Waals surface area contributed by atoms with Crippen LogP contribution >= 0.6 is 0 Å². The molecule has 0 bridgehead atoms. The molecule has 0 spiro atoms. The van der Waals surface area contributed by atoms with Gasteiger partial charge in [0.1, 0.15) is 5.60 Å². The summed E-state index contributed by atoms with van der Waals surface area (Å²) in [5.41, 5.74) is -0.436. The van der Waals surface area contributed by atoms with Crippen LogP contribution in [0.25, 0.3) is 0 Å². The first-order chi connectivity index (χ1) is 7.89. The van der Waals surface area contributed by atoms with Gasteiger partial charge >= 0.3 is 6.09 Å². The summed E-state index contributed by atoms with van der Waals surface area (Å²) in [4.78, 5) is 11.4. The minimum atomic E-state index is -0.436. The summed E-state index contributed by atoms with van der Waals surface area (Å²) in [6, 6.07) is 0. The summed E-state index contributed by atoms with van der Waals surface area (Å²) in [5.74, 6) is 0.443. The van der Waals surface area contributed by atoms with Crippen molar-refractivity contribution in [1.29, 1.82) is 0 Å². The number of allylic oxidation sites excluding steroid dienone is 3. The SMILES string of the molecule is C=C/C=C\CC(CC)CNC(=O)OC(C)(C)C. The molecule has 1 N–H and O–H groups in total. The quantitative estimate of drug-likeness (QED) is 0.718. The molecule has 3 heteroatoms. The lowest BCUT2D eigenvalue weighted by molar-refractivity contribution is 0.0519. The van der Waals surface area contributed by atoms with Gasteiger partial charge in [-0.25, -0.2) is 4.79 Å². The van der Waals surface area contributed by atoms with Crippen LogP contribution in [-0.4, -0.2) is 18.2 Å². The van der Waals surface area contributed by atoms with Crippen LogP contribution in [0, 0.1) is 5.92 Å². The van der Waals surface area contributed by atoms with E-state index in [4.69, 9.17) is 4.74 Å². The summed E-state index contributed by atoms with van der Waals surface area (Å²) in [6.45, 7) is 12.0. The number of hydrogen-bond donors (Lipinski definition) is 1. The maximum atomic E-state index is 11.4. The molecule has 0 aliphatic heterocycles. The Balaban J connectivity index is 3.93. The van der Waals surface area contributed by atoms with E-state index in [2.05, 4.69) is 24.9 Å². The van der Waals surface area contributed by atoms with Gasteiger partial charge in [-0.1, -0.05) is 38.2 Å². The van der Waals surface area contributed by atoms with Crippen molar-refractivity contribution in [3.05, 3.63) is 24.8 Å². The van der Waals surface area contributed by atoms with Crippen molar-refractivity contribution in [1.82, 2.24) is 5.32 Å². The van der Waals surface area contributed by atoms with Gasteiger partial charge in [0.05, 0.1) is 0 Å². The monoisotopic (exact) mass is 239 g/mol. The van der Waals surface area contributed by atoms with E-state index >= 15 is 0 Å². The molecule has 0 aromatic rings. The largest absolute Gasteiger partial charge is 0.444 e. The molecule has 0 saturated heterocycles. The summed E-state index contributed by atoms with van der Waals surface area (Å²) in [7, 11) is 0. The lowest BCUT2D eigenvalue weighted by atomic mass is 10.0. The summed E-state index contributed by atoms with van der Waals surface area (Å²) in [6.07, 6.45) is 7.38. The second-order valence-electron chi connectivity index (χ2n) is 5.06. The maximum absolute atomic E-state index is 11.4. The number of rotatable bonds is 6. The van der Waals surface area contributed by atoms with Crippen LogP contribution in [-0.2, 0) is 4.74 Å². The second-order valence-corrected chi connectivity index (χ2v) is 5.06. The fourth-order valence-electron chi connectivity index (χ4n) is 1.30. The topological polar surface area (TPSA) is 38.3 Å². The van der Waals surface area contributed by atoms with Gasteiger partial charge in [0.25, 0.3) is 0 Å². The minimum absolute atomic E-state index is 0.344. The smallest absolute Gasteiger partial charge is 0.407 e. The molecular formula is C14H25NO2. The minimum Gasteiger partial charge on any atom is -0.444 e. The molecule has 0 radical (unpaired) electrons. The van der Waals surface area contributed by atoms with E-state index in [9.17, 15) is 4.79 Å². The highest BCUT2D eigenvalue weighted by atomic mass is 16.6. The highest BCUT2D eigenvalue weighted by Gasteiger charge is 2.16. The van der Waals surface area contributed by atoms with Crippen LogP contribution in [0.15, 0.2) is 24.8 Å². The molecule has 3 nitrogen and oxygen atoms in total. The number of ether oxygens (including phenoxy) is 1. The van der Waals surface area contributed by atoms with Crippen molar-refractivity contribution >= 4 is 6.09 Å². The van der Waals surface area contributed by atoms with E-state index < -0.39 is 5.60 Å². The van der Waals surface area contributed by atoms with Crippen LogP contribution in [0.5, 0.6) is 0 Å². The Labute approximate surface area is 105 Å². The molecule has 0 heterocycles. The number of amides is 1. The van der Waals surface area contributed by atoms with Gasteiger partial charge in [-0.3, -0.25) is 0 Å². The third-order valence-electron chi connectivity index (χ3n) is 2.25. The Morgan fingerprint density at radius 2 is 2.12 bits per heavy atom. The van der Waals surface area contributed by atoms with Crippen molar-refractivity contribution in [2.45, 2.75) is 46.1 Å². The third-order valence-corrected chi connectivity index (χ3v) is 2.25. The average molecular weight is 239 g/mol. The molecular weight excluding hydrogens is 214 g/mol. The van der Waals surface area contributed by atoms with Gasteiger partial charge < -0.3 is 10.1 Å². The van der Waals surface area contributed by atoms with E-state index in [0.717, 1.165) is 12.8 Å². The van der Waals surface area contributed by atoms with Crippen molar-refractivity contribution in [3.8, 4) is 0 Å². The van der Waals surface area contributed by atoms with E-state index in [1.807, 2.05) is 26.8 Å². The van der Waals surface area contributed by atoms with Crippen LogP contribution in [0.2, 0.25) is 0 Å². The van der Waals surface area contributed by atoms with Crippen molar-refractivity contribution < 1.29 is 9.53 Å². The van der Waals surface area contributed by atoms with Gasteiger partial charge in [-0.15, -0.1) is 0 Å². The van der Waals surface area contributed by atoms with E-state index in [1.54, 1.807) is 6.08 Å². The lowest BCUT2D eigenvalue weighted by Crippen LogP contribution is -2.35. The van der Waals surface area contributed by atoms with Crippen LogP contribution in [0.4, 0.5) is 4.79 Å². The van der Waals surface area contributed by atoms with Crippen molar-refractivity contribution in [2.24, 2.45) is 5.92 Å². The van der Waals surface area contributed by atoms with Crippen molar-refractivity contribution in [3.63, 3.8) is 0 Å². The molecule has 1 atom stereocenters. The van der Waals surface area contributed by atoms with Gasteiger partial charge in [0.15, 0.2) is 0 Å². The van der Waals surface area contributed by atoms with Gasteiger partial charge in [-0.05, 0) is 33.1 Å². The average Bonchev–Trinajstić information content (AvgIpc) is 2.20. The maximum Gasteiger partial charge on any atom is 0.407 e. The molecule has 0 fully saturated rings. The first kappa shape index (κ1) is 15.8. The van der Waals surface area contributed by atoms with Crippen LogP contribution < -0.4 is 5.32 Å². The number of carbonyl (C=O) groups is 1. The van der Waals surface area contributed by atoms with E-state index in [1.165, 1.54) is 0 Å². The Hall–Kier alpha value is -1.25. The molecule has 17 heavy (non-hydrogen) atoms. The molecule has 1 amide bonds. The number of alkyl carbamates (subject to hydrolysis) is 1. The highest BCUT2D eigenvalue weighted by molar-refractivity contribution is 5.67. The van der Waals surface area contributed by atoms with E-state index in [-0.39, 0.29) is 6.09 Å². The summed E-state index contributed by atoms with van der Waals surface area (Å²) < 4.78 is 5.17. The predicted octanol–water partition coefficient (Wildman–Crippen LogP) is 3.67. The Bertz CT molecular complexity index is 264. The van der Waals surface area contributed by atoms with Crippen LogP contribution in [0.3, 0.4) is 0 Å². The van der Waals surface area contributed by atoms with E-state index in [0.29, 0.717) is 12.5 Å². The second kappa shape index (κ2) is 7.93. The summed E-state index contributed by atoms with van der Waals surface area (Å²) in [5, 5.41) is 2.80. The number of nitrogens with one attached hydrogen (secondary N) is 1. The first-order valence-corrected chi connectivity index (χ1v) is 6.13. The number of carbonyl (C=O) groups excluding carboxylic acids is 1. The lowest BCUT2D eigenvalue weighted by Gasteiger charge is -2.21. The zero-order valence-electron chi connectivity index (χ0n) is 11.5. The zero-order chi connectivity index (χ0) is 13.3. The fourth-order valence-corrected chi connectivity index (χ4v) is 1.30. The summed E-state index contributed by atoms with van der Waals surface area (Å²) >= 11 is 0. The normalized spacial score (nSPS) is 13.4. The molecule has 0 aromatic carbocycles. The molecule has 0 rings (SSSR count). The zero-order valence-corrected chi connectivity index (χ0v) is 11.5. The highest BCUT2D eigenvalue weighted by Crippen LogP contribution is 2.09. The first-order valence-electron chi connectivity index (χ1n) is 6.13. The molecule has 1 unspecified atom stereocenters. The third kappa shape index (κ3) is 9.67. The van der Waals surface area contributed by atoms with Crippen LogP contribution in [0.1, 0.15) is 40.5 Å². The van der Waals surface area contributed by atoms with Crippen molar-refractivity contribution in [2.75, 3.05) is 6.54 Å². The molecule has 0 saturated carbocycles. The van der Waals surface area contributed by atoms with Gasteiger partial charge in [-0.2, -0.15) is 0 Å². The fraction of sp³-hybridized carbons (Fsp3) is 0.643. The number of hydrogen-bond acceptors (Lipinski definition) is 2. The Morgan fingerprint density at radius 3 is 2.59 bits per heavy atom. The standard InChI is InChI=1S/C14H25NO2/c1-6-8-9-10-12(7-2)11-15-13(16)17-14(3,4)5/h6,8-9,12H,1,7,10-11H2,2-5H3,(H,15,16)/b9-8-. The molecule has 0 aliphatic carbocycles. The Kier molecular flexibility index (Phi) is 7.35. The van der Waals surface area contributed by atoms with Gasteiger partial charge in [0, 0.05) is 6.54 Å². The predicted molar refractivity (Wildman–Crippen MR) is 72.0 cm³/mol. The molecule has 98 valence electrons. The van der Waals surface area contributed by atoms with Gasteiger partial charge in [0.2, 0.25) is 0 Å². The molecule has 0 aliphatic rings.